The SMILES string of the molecule is CCCc1nc(N2CCN(C(=O)O)CC2)c2cc(CC)sc2n1. The summed E-state index contributed by atoms with van der Waals surface area (Å²) in [6, 6.07) is 2.19. The molecule has 7 heteroatoms. The Kier molecular flexibility index (Phi) is 4.66. The van der Waals surface area contributed by atoms with Crippen LogP contribution in [0.2, 0.25) is 0 Å². The molecule has 2 aromatic heterocycles. The van der Waals surface area contributed by atoms with Gasteiger partial charge >= 0.3 is 6.09 Å². The fourth-order valence-corrected chi connectivity index (χ4v) is 3.84. The van der Waals surface area contributed by atoms with Crippen LogP contribution in [0, 0.1) is 0 Å². The summed E-state index contributed by atoms with van der Waals surface area (Å²) in [5.74, 6) is 1.86. The smallest absolute Gasteiger partial charge is 0.407 e. The normalized spacial score (nSPS) is 15.4. The highest BCUT2D eigenvalue weighted by molar-refractivity contribution is 7.18. The second-order valence-corrected chi connectivity index (χ2v) is 6.87. The number of aryl methyl sites for hydroxylation is 2. The van der Waals surface area contributed by atoms with E-state index in [9.17, 15) is 4.79 Å². The molecule has 0 spiro atoms. The number of hydrogen-bond acceptors (Lipinski definition) is 5. The Balaban J connectivity index is 1.95. The zero-order chi connectivity index (χ0) is 16.4. The number of carboxylic acid groups (broad SMARTS) is 1. The summed E-state index contributed by atoms with van der Waals surface area (Å²) >= 11 is 1.74. The molecule has 0 aliphatic carbocycles. The zero-order valence-electron chi connectivity index (χ0n) is 13.6. The van der Waals surface area contributed by atoms with Crippen LogP contribution < -0.4 is 4.90 Å². The van der Waals surface area contributed by atoms with Gasteiger partial charge in [-0.05, 0) is 18.9 Å². The molecule has 0 bridgehead atoms. The molecule has 0 radical (unpaired) electrons. The molecule has 0 aromatic carbocycles. The van der Waals surface area contributed by atoms with Crippen molar-refractivity contribution in [1.82, 2.24) is 14.9 Å². The van der Waals surface area contributed by atoms with Crippen molar-refractivity contribution in [2.45, 2.75) is 33.1 Å². The lowest BCUT2D eigenvalue weighted by Crippen LogP contribution is -2.48. The number of piperazine rings is 1. The highest BCUT2D eigenvalue weighted by Gasteiger charge is 2.23. The lowest BCUT2D eigenvalue weighted by Gasteiger charge is -2.34. The van der Waals surface area contributed by atoms with Gasteiger partial charge in [-0.15, -0.1) is 11.3 Å². The van der Waals surface area contributed by atoms with E-state index in [1.165, 1.54) is 9.78 Å². The van der Waals surface area contributed by atoms with Crippen molar-refractivity contribution < 1.29 is 9.90 Å². The summed E-state index contributed by atoms with van der Waals surface area (Å²) in [5.41, 5.74) is 0. The Morgan fingerprint density at radius 3 is 2.61 bits per heavy atom. The van der Waals surface area contributed by atoms with Gasteiger partial charge in [0, 0.05) is 37.5 Å². The number of anilines is 1. The molecule has 0 unspecified atom stereocenters. The quantitative estimate of drug-likeness (QED) is 0.931. The fraction of sp³-hybridized carbons (Fsp3) is 0.562. The Morgan fingerprint density at radius 1 is 1.26 bits per heavy atom. The third-order valence-corrected chi connectivity index (χ3v) is 5.32. The highest BCUT2D eigenvalue weighted by atomic mass is 32.1. The van der Waals surface area contributed by atoms with E-state index in [2.05, 4.69) is 24.8 Å². The maximum atomic E-state index is 11.1. The number of aromatic nitrogens is 2. The number of thiophene rings is 1. The van der Waals surface area contributed by atoms with Gasteiger partial charge in [-0.25, -0.2) is 14.8 Å². The molecule has 0 atom stereocenters. The molecule has 1 saturated heterocycles. The summed E-state index contributed by atoms with van der Waals surface area (Å²) in [4.78, 5) is 26.6. The van der Waals surface area contributed by atoms with Gasteiger partial charge in [-0.1, -0.05) is 13.8 Å². The maximum absolute atomic E-state index is 11.1. The predicted octanol–water partition coefficient (Wildman–Crippen LogP) is 3.01. The molecule has 1 aliphatic heterocycles. The number of fused-ring (bicyclic) bond motifs is 1. The zero-order valence-corrected chi connectivity index (χ0v) is 14.4. The molecule has 2 aromatic rings. The monoisotopic (exact) mass is 334 g/mol. The molecule has 6 nitrogen and oxygen atoms in total. The van der Waals surface area contributed by atoms with Crippen LogP contribution in [0.3, 0.4) is 0 Å². The Bertz CT molecular complexity index is 707. The summed E-state index contributed by atoms with van der Waals surface area (Å²) in [6.07, 6.45) is 2.05. The average Bonchev–Trinajstić information content (AvgIpc) is 2.97. The van der Waals surface area contributed by atoms with E-state index in [1.807, 2.05) is 0 Å². The second-order valence-electron chi connectivity index (χ2n) is 5.76. The first-order valence-electron chi connectivity index (χ1n) is 8.14. The number of hydrogen-bond donors (Lipinski definition) is 1. The van der Waals surface area contributed by atoms with E-state index < -0.39 is 6.09 Å². The third kappa shape index (κ3) is 3.24. The van der Waals surface area contributed by atoms with Crippen molar-refractivity contribution in [2.24, 2.45) is 0 Å². The van der Waals surface area contributed by atoms with Crippen molar-refractivity contribution in [2.75, 3.05) is 31.1 Å². The lowest BCUT2D eigenvalue weighted by atomic mass is 10.2. The highest BCUT2D eigenvalue weighted by Crippen LogP contribution is 2.32. The lowest BCUT2D eigenvalue weighted by molar-refractivity contribution is 0.142. The van der Waals surface area contributed by atoms with Gasteiger partial charge in [0.2, 0.25) is 0 Å². The summed E-state index contributed by atoms with van der Waals surface area (Å²) in [5, 5.41) is 10.2. The summed E-state index contributed by atoms with van der Waals surface area (Å²) in [6.45, 7) is 6.69. The van der Waals surface area contributed by atoms with Crippen LogP contribution in [0.4, 0.5) is 10.6 Å². The summed E-state index contributed by atoms with van der Waals surface area (Å²) in [7, 11) is 0. The molecule has 1 amide bonds. The van der Waals surface area contributed by atoms with Crippen molar-refractivity contribution >= 4 is 33.5 Å². The van der Waals surface area contributed by atoms with Crippen molar-refractivity contribution in [3.8, 4) is 0 Å². The minimum atomic E-state index is -0.840. The number of nitrogens with zero attached hydrogens (tertiary/aromatic N) is 4. The van der Waals surface area contributed by atoms with Gasteiger partial charge in [0.15, 0.2) is 0 Å². The van der Waals surface area contributed by atoms with E-state index in [1.54, 1.807) is 11.3 Å². The average molecular weight is 334 g/mol. The van der Waals surface area contributed by atoms with Crippen LogP contribution in [0.25, 0.3) is 10.2 Å². The minimum Gasteiger partial charge on any atom is -0.465 e. The Hall–Kier alpha value is -1.89. The first-order chi connectivity index (χ1) is 11.1. The molecule has 1 fully saturated rings. The molecule has 23 heavy (non-hydrogen) atoms. The van der Waals surface area contributed by atoms with Crippen LogP contribution in [-0.4, -0.2) is 52.2 Å². The molecular formula is C16H22N4O2S. The molecule has 3 rings (SSSR count). The number of rotatable bonds is 4. The molecule has 3 heterocycles. The van der Waals surface area contributed by atoms with Crippen molar-refractivity contribution in [1.29, 1.82) is 0 Å². The standard InChI is InChI=1S/C16H22N4O2S/c1-3-5-13-17-14(12-10-11(4-2)23-15(12)18-13)19-6-8-20(9-7-19)16(21)22/h10H,3-9H2,1-2H3,(H,21,22). The molecule has 0 saturated carbocycles. The van der Waals surface area contributed by atoms with Crippen LogP contribution in [0.15, 0.2) is 6.07 Å². The molecule has 1 N–H and O–H groups in total. The topological polar surface area (TPSA) is 69.6 Å². The van der Waals surface area contributed by atoms with Gasteiger partial charge in [-0.2, -0.15) is 0 Å². The van der Waals surface area contributed by atoms with Crippen molar-refractivity contribution in [3.63, 3.8) is 0 Å². The molecular weight excluding hydrogens is 312 g/mol. The second kappa shape index (κ2) is 6.70. The third-order valence-electron chi connectivity index (χ3n) is 4.14. The largest absolute Gasteiger partial charge is 0.465 e. The first-order valence-corrected chi connectivity index (χ1v) is 8.96. The van der Waals surface area contributed by atoms with Gasteiger partial charge in [-0.3, -0.25) is 0 Å². The molecule has 124 valence electrons. The van der Waals surface area contributed by atoms with Crippen LogP contribution in [-0.2, 0) is 12.8 Å². The molecule has 1 aliphatic rings. The van der Waals surface area contributed by atoms with Gasteiger partial charge < -0.3 is 14.9 Å². The van der Waals surface area contributed by atoms with Crippen LogP contribution in [0.5, 0.6) is 0 Å². The van der Waals surface area contributed by atoms with Gasteiger partial charge in [0.25, 0.3) is 0 Å². The Labute approximate surface area is 139 Å². The minimum absolute atomic E-state index is 0.523. The van der Waals surface area contributed by atoms with Crippen LogP contribution in [0.1, 0.15) is 31.0 Å². The van der Waals surface area contributed by atoms with E-state index >= 15 is 0 Å². The van der Waals surface area contributed by atoms with E-state index in [4.69, 9.17) is 15.1 Å². The van der Waals surface area contributed by atoms with Crippen molar-refractivity contribution in [3.05, 3.63) is 16.8 Å². The first kappa shape index (κ1) is 16.0. The summed E-state index contributed by atoms with van der Waals surface area (Å²) < 4.78 is 0. The maximum Gasteiger partial charge on any atom is 0.407 e. The Morgan fingerprint density at radius 2 is 2.00 bits per heavy atom. The predicted molar refractivity (Wildman–Crippen MR) is 92.6 cm³/mol. The van der Waals surface area contributed by atoms with Gasteiger partial charge in [0.05, 0.1) is 5.39 Å². The van der Waals surface area contributed by atoms with Gasteiger partial charge in [0.1, 0.15) is 16.5 Å². The number of carbonyl (C=O) groups is 1. The fourth-order valence-electron chi connectivity index (χ4n) is 2.86. The van der Waals surface area contributed by atoms with E-state index in [-0.39, 0.29) is 0 Å². The van der Waals surface area contributed by atoms with E-state index in [0.29, 0.717) is 26.2 Å². The number of amides is 1. The van der Waals surface area contributed by atoms with E-state index in [0.717, 1.165) is 41.1 Å². The van der Waals surface area contributed by atoms with Crippen LogP contribution >= 0.6 is 11.3 Å².